The van der Waals surface area contributed by atoms with Crippen molar-refractivity contribution in [2.24, 2.45) is 5.73 Å². The third-order valence-corrected chi connectivity index (χ3v) is 3.42. The highest BCUT2D eigenvalue weighted by atomic mass is 19.1. The van der Waals surface area contributed by atoms with E-state index in [1.54, 1.807) is 12.1 Å². The van der Waals surface area contributed by atoms with Crippen LogP contribution in [0, 0.1) is 5.82 Å². The Morgan fingerprint density at radius 1 is 1.53 bits per heavy atom. The second-order valence-corrected chi connectivity index (χ2v) is 4.80. The number of rotatable bonds is 6. The second kappa shape index (κ2) is 6.12. The van der Waals surface area contributed by atoms with Gasteiger partial charge in [0.2, 0.25) is 5.91 Å². The number of hydrogen-bond acceptors (Lipinski definition) is 3. The largest absolute Gasteiger partial charge is 0.378 e. The van der Waals surface area contributed by atoms with Gasteiger partial charge in [-0.05, 0) is 31.9 Å². The maximum Gasteiger partial charge on any atom is 0.248 e. The summed E-state index contributed by atoms with van der Waals surface area (Å²) in [4.78, 5) is 10.9. The van der Waals surface area contributed by atoms with Gasteiger partial charge in [-0.2, -0.15) is 0 Å². The lowest BCUT2D eigenvalue weighted by molar-refractivity contribution is -0.0102. The van der Waals surface area contributed by atoms with Gasteiger partial charge in [-0.3, -0.25) is 4.79 Å². The molecule has 1 aromatic carbocycles. The Bertz CT molecular complexity index is 459. The molecule has 0 bridgehead atoms. The molecule has 1 aliphatic carbocycles. The molecule has 3 N–H and O–H groups in total. The molecule has 1 aromatic rings. The standard InChI is InChI=1S/C14H19FN2O2/c1-2-19-12-6-11(7-12)17-8-10-4-3-9(14(16)18)5-13(10)15/h3-5,11-12,17H,2,6-8H2,1H3,(H2,16,18). The summed E-state index contributed by atoms with van der Waals surface area (Å²) < 4.78 is 19.2. The molecule has 1 aliphatic rings. The van der Waals surface area contributed by atoms with Crippen molar-refractivity contribution >= 4 is 5.91 Å². The van der Waals surface area contributed by atoms with Crippen molar-refractivity contribution in [3.8, 4) is 0 Å². The van der Waals surface area contributed by atoms with Gasteiger partial charge in [0.1, 0.15) is 5.82 Å². The van der Waals surface area contributed by atoms with Crippen molar-refractivity contribution in [1.29, 1.82) is 0 Å². The first-order chi connectivity index (χ1) is 9.10. The zero-order chi connectivity index (χ0) is 13.8. The Kier molecular flexibility index (Phi) is 4.50. The molecule has 104 valence electrons. The Morgan fingerprint density at radius 2 is 2.26 bits per heavy atom. The Hall–Kier alpha value is -1.46. The van der Waals surface area contributed by atoms with Gasteiger partial charge in [0.05, 0.1) is 6.10 Å². The predicted molar refractivity (Wildman–Crippen MR) is 70.2 cm³/mol. The van der Waals surface area contributed by atoms with E-state index in [9.17, 15) is 9.18 Å². The van der Waals surface area contributed by atoms with E-state index in [0.717, 1.165) is 19.4 Å². The highest BCUT2D eigenvalue weighted by molar-refractivity contribution is 5.92. The van der Waals surface area contributed by atoms with E-state index >= 15 is 0 Å². The van der Waals surface area contributed by atoms with Crippen molar-refractivity contribution in [1.82, 2.24) is 5.32 Å². The molecule has 2 rings (SSSR count). The topological polar surface area (TPSA) is 64.3 Å². The number of halogens is 1. The van der Waals surface area contributed by atoms with Crippen LogP contribution >= 0.6 is 0 Å². The first-order valence-corrected chi connectivity index (χ1v) is 6.53. The lowest BCUT2D eigenvalue weighted by atomic mass is 9.89. The first-order valence-electron chi connectivity index (χ1n) is 6.53. The smallest absolute Gasteiger partial charge is 0.248 e. The van der Waals surface area contributed by atoms with Crippen LogP contribution in [-0.4, -0.2) is 24.7 Å². The summed E-state index contributed by atoms with van der Waals surface area (Å²) in [7, 11) is 0. The molecule has 0 atom stereocenters. The summed E-state index contributed by atoms with van der Waals surface area (Å²) in [6.07, 6.45) is 2.27. The number of hydrogen-bond donors (Lipinski definition) is 2. The Labute approximate surface area is 112 Å². The molecular weight excluding hydrogens is 247 g/mol. The fourth-order valence-corrected chi connectivity index (χ4v) is 2.20. The number of carbonyl (C=O) groups is 1. The SMILES string of the molecule is CCOC1CC(NCc2ccc(C(N)=O)cc2F)C1. The van der Waals surface area contributed by atoms with E-state index < -0.39 is 11.7 Å². The Balaban J connectivity index is 1.82. The maximum absolute atomic E-state index is 13.7. The molecule has 1 fully saturated rings. The van der Waals surface area contributed by atoms with Crippen LogP contribution in [0.5, 0.6) is 0 Å². The fourth-order valence-electron chi connectivity index (χ4n) is 2.20. The van der Waals surface area contributed by atoms with Crippen molar-refractivity contribution < 1.29 is 13.9 Å². The van der Waals surface area contributed by atoms with Crippen LogP contribution < -0.4 is 11.1 Å². The van der Waals surface area contributed by atoms with Crippen LogP contribution in [-0.2, 0) is 11.3 Å². The number of nitrogens with two attached hydrogens (primary N) is 1. The molecule has 0 unspecified atom stereocenters. The van der Waals surface area contributed by atoms with Gasteiger partial charge in [0, 0.05) is 30.3 Å². The van der Waals surface area contributed by atoms with Gasteiger partial charge < -0.3 is 15.8 Å². The summed E-state index contributed by atoms with van der Waals surface area (Å²) in [6.45, 7) is 3.17. The van der Waals surface area contributed by atoms with Gasteiger partial charge in [0.15, 0.2) is 0 Å². The van der Waals surface area contributed by atoms with Gasteiger partial charge in [-0.15, -0.1) is 0 Å². The molecule has 19 heavy (non-hydrogen) atoms. The van der Waals surface area contributed by atoms with E-state index in [1.165, 1.54) is 6.07 Å². The van der Waals surface area contributed by atoms with E-state index in [1.807, 2.05) is 6.92 Å². The molecule has 0 aliphatic heterocycles. The van der Waals surface area contributed by atoms with Crippen LogP contribution in [0.25, 0.3) is 0 Å². The number of amides is 1. The van der Waals surface area contributed by atoms with Crippen LogP contribution in [0.3, 0.4) is 0 Å². The minimum atomic E-state index is -0.614. The predicted octanol–water partition coefficient (Wildman–Crippen LogP) is 1.58. The van der Waals surface area contributed by atoms with Crippen LogP contribution in [0.2, 0.25) is 0 Å². The van der Waals surface area contributed by atoms with E-state index in [0.29, 0.717) is 24.3 Å². The van der Waals surface area contributed by atoms with Crippen LogP contribution in [0.4, 0.5) is 4.39 Å². The summed E-state index contributed by atoms with van der Waals surface area (Å²) in [5.74, 6) is -1.01. The number of carbonyl (C=O) groups excluding carboxylic acids is 1. The van der Waals surface area contributed by atoms with Crippen molar-refractivity contribution in [3.05, 3.63) is 35.1 Å². The highest BCUT2D eigenvalue weighted by Crippen LogP contribution is 2.23. The van der Waals surface area contributed by atoms with E-state index in [-0.39, 0.29) is 5.56 Å². The van der Waals surface area contributed by atoms with Crippen molar-refractivity contribution in [3.63, 3.8) is 0 Å². The average Bonchev–Trinajstić information content (AvgIpc) is 2.33. The highest BCUT2D eigenvalue weighted by Gasteiger charge is 2.28. The molecular formula is C14H19FN2O2. The fraction of sp³-hybridized carbons (Fsp3) is 0.500. The van der Waals surface area contributed by atoms with Gasteiger partial charge in [-0.25, -0.2) is 4.39 Å². The number of benzene rings is 1. The van der Waals surface area contributed by atoms with Gasteiger partial charge in [-0.1, -0.05) is 6.07 Å². The van der Waals surface area contributed by atoms with Crippen molar-refractivity contribution in [2.75, 3.05) is 6.61 Å². The minimum Gasteiger partial charge on any atom is -0.378 e. The van der Waals surface area contributed by atoms with E-state index in [4.69, 9.17) is 10.5 Å². The summed E-state index contributed by atoms with van der Waals surface area (Å²) in [5, 5.41) is 3.28. The Morgan fingerprint density at radius 3 is 2.84 bits per heavy atom. The maximum atomic E-state index is 13.7. The molecule has 0 spiro atoms. The normalized spacial score (nSPS) is 22.0. The number of ether oxygens (including phenoxy) is 1. The average molecular weight is 266 g/mol. The summed E-state index contributed by atoms with van der Waals surface area (Å²) in [6, 6.07) is 4.71. The van der Waals surface area contributed by atoms with Crippen molar-refractivity contribution in [2.45, 2.75) is 38.5 Å². The molecule has 0 radical (unpaired) electrons. The monoisotopic (exact) mass is 266 g/mol. The second-order valence-electron chi connectivity index (χ2n) is 4.80. The molecule has 1 amide bonds. The molecule has 0 saturated heterocycles. The lowest BCUT2D eigenvalue weighted by Gasteiger charge is -2.35. The van der Waals surface area contributed by atoms with Gasteiger partial charge in [0.25, 0.3) is 0 Å². The first kappa shape index (κ1) is 14.0. The lowest BCUT2D eigenvalue weighted by Crippen LogP contribution is -2.45. The zero-order valence-corrected chi connectivity index (χ0v) is 11.0. The molecule has 4 nitrogen and oxygen atoms in total. The molecule has 0 heterocycles. The molecule has 1 saturated carbocycles. The minimum absolute atomic E-state index is 0.196. The van der Waals surface area contributed by atoms with Crippen LogP contribution in [0.15, 0.2) is 18.2 Å². The van der Waals surface area contributed by atoms with E-state index in [2.05, 4.69) is 5.32 Å². The number of nitrogens with one attached hydrogen (secondary N) is 1. The molecule has 0 aromatic heterocycles. The zero-order valence-electron chi connectivity index (χ0n) is 11.0. The number of primary amides is 1. The summed E-state index contributed by atoms with van der Waals surface area (Å²) in [5.41, 5.74) is 5.84. The third-order valence-electron chi connectivity index (χ3n) is 3.42. The summed E-state index contributed by atoms with van der Waals surface area (Å²) >= 11 is 0. The molecule has 5 heteroatoms. The van der Waals surface area contributed by atoms with Crippen LogP contribution in [0.1, 0.15) is 35.7 Å². The van der Waals surface area contributed by atoms with Gasteiger partial charge >= 0.3 is 0 Å². The quantitative estimate of drug-likeness (QED) is 0.821. The third kappa shape index (κ3) is 3.52.